The zero-order valence-corrected chi connectivity index (χ0v) is 26.8. The van der Waals surface area contributed by atoms with Gasteiger partial charge in [-0.1, -0.05) is 29.8 Å². The third-order valence-corrected chi connectivity index (χ3v) is 10.2. The molecule has 4 heterocycles. The molecule has 11 heteroatoms. The summed E-state index contributed by atoms with van der Waals surface area (Å²) >= 11 is 0. The molecule has 0 saturated carbocycles. The van der Waals surface area contributed by atoms with E-state index in [0.29, 0.717) is 31.6 Å². The Morgan fingerprint density at radius 3 is 2.45 bits per heavy atom. The number of piperazine rings is 1. The van der Waals surface area contributed by atoms with Gasteiger partial charge >= 0.3 is 0 Å². The molecule has 0 radical (unpaired) electrons. The highest BCUT2D eigenvalue weighted by atomic mass is 32.2. The molecule has 0 bridgehead atoms. The Kier molecular flexibility index (Phi) is 7.86. The van der Waals surface area contributed by atoms with E-state index in [1.807, 2.05) is 61.5 Å². The van der Waals surface area contributed by atoms with Crippen molar-refractivity contribution in [2.45, 2.75) is 11.8 Å². The number of aryl methyl sites for hydroxylation is 2. The van der Waals surface area contributed by atoms with Gasteiger partial charge in [0.25, 0.3) is 15.6 Å². The van der Waals surface area contributed by atoms with Gasteiger partial charge in [0.1, 0.15) is 17.9 Å². The molecular formula is C36H33N5O5S. The van der Waals surface area contributed by atoms with Crippen LogP contribution in [-0.4, -0.2) is 65.5 Å². The number of aromatic nitrogens is 3. The largest absolute Gasteiger partial charge is 0.492 e. The highest BCUT2D eigenvalue weighted by Gasteiger charge is 2.23. The lowest BCUT2D eigenvalue weighted by Gasteiger charge is -2.26. The lowest BCUT2D eigenvalue weighted by atomic mass is 10.0. The Labute approximate surface area is 271 Å². The van der Waals surface area contributed by atoms with Gasteiger partial charge in [-0.2, -0.15) is 0 Å². The van der Waals surface area contributed by atoms with Gasteiger partial charge in [-0.05, 0) is 73.2 Å². The van der Waals surface area contributed by atoms with Crippen LogP contribution in [0.1, 0.15) is 5.56 Å². The first-order chi connectivity index (χ1) is 22.7. The summed E-state index contributed by atoms with van der Waals surface area (Å²) < 4.78 is 35.6. The normalized spacial score (nSPS) is 14.0. The second-order valence-electron chi connectivity index (χ2n) is 11.8. The summed E-state index contributed by atoms with van der Waals surface area (Å²) in [6.07, 6.45) is 3.19. The number of pyridine rings is 2. The van der Waals surface area contributed by atoms with E-state index in [0.717, 1.165) is 55.1 Å². The second kappa shape index (κ2) is 12.2. The third kappa shape index (κ3) is 5.91. The highest BCUT2D eigenvalue weighted by molar-refractivity contribution is 7.90. The summed E-state index contributed by atoms with van der Waals surface area (Å²) in [5, 5.41) is 4.29. The summed E-state index contributed by atoms with van der Waals surface area (Å²) in [4.78, 5) is 31.9. The number of benzene rings is 3. The minimum absolute atomic E-state index is 0.0471. The molecule has 1 fully saturated rings. The van der Waals surface area contributed by atoms with Crippen LogP contribution in [0.3, 0.4) is 0 Å². The molecule has 1 aliphatic rings. The summed E-state index contributed by atoms with van der Waals surface area (Å²) in [5.41, 5.74) is 4.80. The molecule has 0 aliphatic carbocycles. The molecule has 3 aromatic heterocycles. The van der Waals surface area contributed by atoms with Gasteiger partial charge in [0.05, 0.1) is 22.7 Å². The van der Waals surface area contributed by atoms with Gasteiger partial charge in [0.15, 0.2) is 0 Å². The number of rotatable bonds is 8. The van der Waals surface area contributed by atoms with Crippen molar-refractivity contribution >= 4 is 37.7 Å². The Bertz CT molecular complexity index is 2310. The van der Waals surface area contributed by atoms with E-state index in [1.54, 1.807) is 43.6 Å². The number of hydrogen-bond acceptors (Lipinski definition) is 7. The van der Waals surface area contributed by atoms with E-state index >= 15 is 0 Å². The van der Waals surface area contributed by atoms with Gasteiger partial charge in [-0.15, -0.1) is 0 Å². The van der Waals surface area contributed by atoms with Gasteiger partial charge < -0.3 is 14.6 Å². The molecule has 3 aromatic carbocycles. The van der Waals surface area contributed by atoms with Crippen molar-refractivity contribution in [3.8, 4) is 28.1 Å². The molecule has 1 N–H and O–H groups in total. The topological polar surface area (TPSA) is 116 Å². The number of carbonyl (C=O) groups is 1. The zero-order valence-electron chi connectivity index (χ0n) is 26.0. The maximum absolute atomic E-state index is 13.6. The lowest BCUT2D eigenvalue weighted by molar-refractivity contribution is -0.124. The lowest BCUT2D eigenvalue weighted by Crippen LogP contribution is -2.48. The number of ether oxygens (including phenoxy) is 1. The van der Waals surface area contributed by atoms with Gasteiger partial charge in [0.2, 0.25) is 5.91 Å². The van der Waals surface area contributed by atoms with Crippen LogP contribution in [0, 0.1) is 6.92 Å². The maximum atomic E-state index is 13.6. The Morgan fingerprint density at radius 2 is 1.68 bits per heavy atom. The minimum Gasteiger partial charge on any atom is -0.492 e. The first kappa shape index (κ1) is 30.4. The van der Waals surface area contributed by atoms with E-state index in [-0.39, 0.29) is 16.3 Å². The third-order valence-electron chi connectivity index (χ3n) is 8.51. The van der Waals surface area contributed by atoms with Crippen molar-refractivity contribution in [3.05, 3.63) is 113 Å². The van der Waals surface area contributed by atoms with E-state index in [2.05, 4.69) is 10.2 Å². The number of nitrogens with one attached hydrogen (secondary N) is 1. The average molecular weight is 648 g/mol. The summed E-state index contributed by atoms with van der Waals surface area (Å²) in [7, 11) is -2.36. The summed E-state index contributed by atoms with van der Waals surface area (Å²) in [6, 6.07) is 25.9. The number of hydrogen-bond donors (Lipinski definition) is 1. The number of nitrogens with zero attached hydrogens (tertiary/aromatic N) is 4. The smallest absolute Gasteiger partial charge is 0.275 e. The molecule has 0 unspecified atom stereocenters. The summed E-state index contributed by atoms with van der Waals surface area (Å²) in [6.45, 7) is 4.97. The predicted molar refractivity (Wildman–Crippen MR) is 182 cm³/mol. The van der Waals surface area contributed by atoms with Crippen molar-refractivity contribution in [1.29, 1.82) is 0 Å². The fourth-order valence-corrected chi connectivity index (χ4v) is 7.28. The molecule has 47 heavy (non-hydrogen) atoms. The Morgan fingerprint density at radius 1 is 0.915 bits per heavy atom. The van der Waals surface area contributed by atoms with Crippen LogP contribution in [0.15, 0.2) is 107 Å². The van der Waals surface area contributed by atoms with Crippen LogP contribution in [-0.2, 0) is 21.9 Å². The molecule has 0 spiro atoms. The van der Waals surface area contributed by atoms with E-state index in [9.17, 15) is 18.0 Å². The first-order valence-corrected chi connectivity index (χ1v) is 16.8. The van der Waals surface area contributed by atoms with Crippen LogP contribution in [0.5, 0.6) is 5.75 Å². The summed E-state index contributed by atoms with van der Waals surface area (Å²) in [5.74, 6) is 0.802. The molecule has 238 valence electrons. The fraction of sp³-hybridized carbons (Fsp3) is 0.194. The Balaban J connectivity index is 1.14. The fourth-order valence-electron chi connectivity index (χ4n) is 5.93. The van der Waals surface area contributed by atoms with Crippen LogP contribution in [0.4, 0.5) is 0 Å². The van der Waals surface area contributed by atoms with E-state index < -0.39 is 15.6 Å². The molecule has 1 saturated heterocycles. The van der Waals surface area contributed by atoms with Crippen LogP contribution >= 0.6 is 0 Å². The Hall–Kier alpha value is -5.26. The van der Waals surface area contributed by atoms with Gasteiger partial charge in [-0.25, -0.2) is 17.4 Å². The van der Waals surface area contributed by atoms with Crippen LogP contribution < -0.4 is 15.6 Å². The first-order valence-electron chi connectivity index (χ1n) is 15.3. The molecule has 1 aliphatic heterocycles. The van der Waals surface area contributed by atoms with Crippen molar-refractivity contribution in [2.24, 2.45) is 7.05 Å². The van der Waals surface area contributed by atoms with E-state index in [1.165, 1.54) is 10.8 Å². The molecule has 6 aromatic rings. The molecular weight excluding hydrogens is 614 g/mol. The van der Waals surface area contributed by atoms with Crippen LogP contribution in [0.2, 0.25) is 0 Å². The monoisotopic (exact) mass is 647 g/mol. The molecule has 7 rings (SSSR count). The van der Waals surface area contributed by atoms with Crippen molar-refractivity contribution < 1.29 is 17.9 Å². The highest BCUT2D eigenvalue weighted by Crippen LogP contribution is 2.32. The molecule has 1 amide bonds. The van der Waals surface area contributed by atoms with Crippen molar-refractivity contribution in [1.82, 2.24) is 23.7 Å². The van der Waals surface area contributed by atoms with Gasteiger partial charge in [0, 0.05) is 61.0 Å². The quantitative estimate of drug-likeness (QED) is 0.257. The van der Waals surface area contributed by atoms with Crippen molar-refractivity contribution in [3.63, 3.8) is 0 Å². The maximum Gasteiger partial charge on any atom is 0.275 e. The SMILES string of the molecule is Cc1ccc(S(=O)(=O)n2ccc3c(-c4ccc5nc(-c6ccc(OCCN7CCNC(=O)C7)cc6)ccc5c4)cn(C)c(=O)c32)cc1. The zero-order chi connectivity index (χ0) is 32.7. The number of amides is 1. The van der Waals surface area contributed by atoms with Crippen molar-refractivity contribution in [2.75, 3.05) is 32.8 Å². The number of carbonyl (C=O) groups excluding carboxylic acids is 1. The predicted octanol–water partition coefficient (Wildman–Crippen LogP) is 4.58. The average Bonchev–Trinajstić information content (AvgIpc) is 3.53. The molecule has 0 atom stereocenters. The second-order valence-corrected chi connectivity index (χ2v) is 13.6. The number of fused-ring (bicyclic) bond motifs is 2. The van der Waals surface area contributed by atoms with Crippen LogP contribution in [0.25, 0.3) is 44.2 Å². The molecule has 10 nitrogen and oxygen atoms in total. The minimum atomic E-state index is -3.99. The van der Waals surface area contributed by atoms with Gasteiger partial charge in [-0.3, -0.25) is 14.5 Å². The standard InChI is InChI=1S/C36H33N5O5S/c1-24-3-11-29(12-4-24)47(44,45)41-17-15-30-31(22-39(2)36(43)35(30)41)26-7-13-33-27(21-26)8-14-32(38-33)25-5-9-28(10-6-25)46-20-19-40-18-16-37-34(42)23-40/h3-15,17,21-22H,16,18-20,23H2,1-2H3,(H,37,42). The van der Waals surface area contributed by atoms with E-state index in [4.69, 9.17) is 9.72 Å².